The molecular formula is C22H39NaO7S. The second kappa shape index (κ2) is 17.2. The van der Waals surface area contributed by atoms with Crippen molar-refractivity contribution in [2.45, 2.75) is 116 Å². The third-order valence-electron chi connectivity index (χ3n) is 5.85. The van der Waals surface area contributed by atoms with Crippen LogP contribution in [0.4, 0.5) is 0 Å². The van der Waals surface area contributed by atoms with Gasteiger partial charge in [-0.15, -0.1) is 0 Å². The Balaban J connectivity index is 0. The Kier molecular flexibility index (Phi) is 18.3. The van der Waals surface area contributed by atoms with Crippen molar-refractivity contribution in [1.82, 2.24) is 0 Å². The van der Waals surface area contributed by atoms with Crippen LogP contribution in [0.15, 0.2) is 0 Å². The monoisotopic (exact) mass is 470 g/mol. The molecule has 1 N–H and O–H groups in total. The van der Waals surface area contributed by atoms with Crippen molar-refractivity contribution in [3.05, 3.63) is 0 Å². The Labute approximate surface area is 210 Å². The fraction of sp³-hybridized carbons (Fsp3) is 0.864. The van der Waals surface area contributed by atoms with Crippen LogP contribution in [-0.4, -0.2) is 35.8 Å². The van der Waals surface area contributed by atoms with Crippen LogP contribution in [0, 0.1) is 5.41 Å². The summed E-state index contributed by atoms with van der Waals surface area (Å²) in [6.07, 6.45) is 13.6. The summed E-state index contributed by atoms with van der Waals surface area (Å²) < 4.78 is 33.1. The maximum atomic E-state index is 12.0. The molecule has 0 heterocycles. The average molecular weight is 471 g/mol. The van der Waals surface area contributed by atoms with Gasteiger partial charge >= 0.3 is 29.6 Å². The molecule has 0 aromatic heterocycles. The van der Waals surface area contributed by atoms with E-state index in [0.29, 0.717) is 6.42 Å². The third kappa shape index (κ3) is 11.4. The minimum atomic E-state index is -4.94. The molecular weight excluding hydrogens is 431 g/mol. The van der Waals surface area contributed by atoms with E-state index in [4.69, 9.17) is 0 Å². The molecule has 0 amide bonds. The molecule has 0 aromatic rings. The minimum absolute atomic E-state index is 0. The van der Waals surface area contributed by atoms with Gasteiger partial charge in [0.15, 0.2) is 0 Å². The summed E-state index contributed by atoms with van der Waals surface area (Å²) in [5.74, 6) is -4.38. The van der Waals surface area contributed by atoms with Crippen molar-refractivity contribution in [2.24, 2.45) is 5.41 Å². The van der Waals surface area contributed by atoms with Gasteiger partial charge in [0, 0.05) is 0 Å². The topological polar surface area (TPSA) is 129 Å². The number of carbonyl (C=O) groups is 3. The number of unbranched alkanes of at least 4 members (excludes halogenated alkanes) is 12. The number of aliphatic carboxylic acids is 1. The number of carboxylic acid groups (broad SMARTS) is 1. The molecule has 0 aliphatic heterocycles. The van der Waals surface area contributed by atoms with Gasteiger partial charge < -0.3 is 9.90 Å². The van der Waals surface area contributed by atoms with Crippen LogP contribution in [0.25, 0.3) is 0 Å². The van der Waals surface area contributed by atoms with Crippen LogP contribution in [0.2, 0.25) is 0 Å². The van der Waals surface area contributed by atoms with Crippen molar-refractivity contribution >= 4 is 27.7 Å². The van der Waals surface area contributed by atoms with Gasteiger partial charge in [-0.3, -0.25) is 14.1 Å². The maximum Gasteiger partial charge on any atom is 1.00 e. The Morgan fingerprint density at radius 1 is 0.774 bits per heavy atom. The molecule has 0 radical (unpaired) electrons. The van der Waals surface area contributed by atoms with E-state index in [9.17, 15) is 32.5 Å². The summed E-state index contributed by atoms with van der Waals surface area (Å²) in [6, 6.07) is 0. The van der Waals surface area contributed by atoms with Gasteiger partial charge in [0.2, 0.25) is 0 Å². The quantitative estimate of drug-likeness (QED) is 0.127. The first-order valence-electron chi connectivity index (χ1n) is 11.2. The largest absolute Gasteiger partial charge is 1.00 e. The fourth-order valence-electron chi connectivity index (χ4n) is 4.06. The van der Waals surface area contributed by atoms with Crippen molar-refractivity contribution < 1.29 is 62.0 Å². The number of hydrogen-bond donors (Lipinski definition) is 1. The SMILES string of the molecule is CCCCCCCCCCCCCCCC(C(C(C)=O)(C(C)=O)C(=O)[O-])S(=O)(=O)O.[Na+]. The summed E-state index contributed by atoms with van der Waals surface area (Å²) in [5.41, 5.74) is -2.87. The Morgan fingerprint density at radius 2 is 1.10 bits per heavy atom. The van der Waals surface area contributed by atoms with Crippen LogP contribution in [0.5, 0.6) is 0 Å². The summed E-state index contributed by atoms with van der Waals surface area (Å²) in [7, 11) is -4.94. The third-order valence-corrected chi connectivity index (χ3v) is 7.15. The van der Waals surface area contributed by atoms with Crippen LogP contribution >= 0.6 is 0 Å². The molecule has 176 valence electrons. The van der Waals surface area contributed by atoms with E-state index in [2.05, 4.69) is 6.92 Å². The van der Waals surface area contributed by atoms with E-state index in [1.54, 1.807) is 0 Å². The summed E-state index contributed by atoms with van der Waals surface area (Å²) in [6.45, 7) is 3.87. The number of Topliss-reactive ketones (excluding diaryl/α,β-unsaturated/α-hetero) is 2. The Morgan fingerprint density at radius 3 is 1.35 bits per heavy atom. The second-order valence-corrected chi connectivity index (χ2v) is 9.84. The molecule has 0 aromatic carbocycles. The first-order valence-corrected chi connectivity index (χ1v) is 12.7. The summed E-state index contributed by atoms with van der Waals surface area (Å²) in [5, 5.41) is 9.57. The van der Waals surface area contributed by atoms with Gasteiger partial charge in [-0.1, -0.05) is 90.4 Å². The molecule has 0 bridgehead atoms. The molecule has 0 saturated heterocycles. The standard InChI is InChI=1S/C22H40O7S.Na/c1-4-5-6-7-8-9-10-11-12-13-14-15-16-17-20(30(27,28)29)22(18(2)23,19(3)24)21(25)26;/h20H,4-17H2,1-3H3,(H,25,26)(H,27,28,29);/q;+1/p-1. The van der Waals surface area contributed by atoms with Gasteiger partial charge in [-0.2, -0.15) is 8.42 Å². The van der Waals surface area contributed by atoms with E-state index >= 15 is 0 Å². The van der Waals surface area contributed by atoms with E-state index in [0.717, 1.165) is 39.5 Å². The molecule has 0 saturated carbocycles. The molecule has 0 aliphatic rings. The molecule has 1 unspecified atom stereocenters. The van der Waals surface area contributed by atoms with Crippen molar-refractivity contribution in [1.29, 1.82) is 0 Å². The van der Waals surface area contributed by atoms with Gasteiger partial charge in [0.05, 0.1) is 5.97 Å². The van der Waals surface area contributed by atoms with E-state index < -0.39 is 38.3 Å². The molecule has 0 spiro atoms. The number of rotatable bonds is 19. The summed E-state index contributed by atoms with van der Waals surface area (Å²) in [4.78, 5) is 35.5. The van der Waals surface area contributed by atoms with Crippen LogP contribution in [0.1, 0.15) is 111 Å². The van der Waals surface area contributed by atoms with Crippen LogP contribution < -0.4 is 34.7 Å². The first kappa shape index (κ1) is 32.9. The zero-order valence-corrected chi connectivity index (χ0v) is 22.6. The van der Waals surface area contributed by atoms with Crippen LogP contribution in [-0.2, 0) is 24.5 Å². The predicted molar refractivity (Wildman–Crippen MR) is 114 cm³/mol. The Hall–Kier alpha value is -0.280. The molecule has 0 fully saturated rings. The van der Waals surface area contributed by atoms with Crippen molar-refractivity contribution in [2.75, 3.05) is 0 Å². The number of hydrogen-bond acceptors (Lipinski definition) is 6. The van der Waals surface area contributed by atoms with Gasteiger partial charge in [-0.05, 0) is 20.3 Å². The second-order valence-electron chi connectivity index (χ2n) is 8.24. The summed E-state index contributed by atoms with van der Waals surface area (Å²) >= 11 is 0. The number of carbonyl (C=O) groups excluding carboxylic acids is 3. The van der Waals surface area contributed by atoms with E-state index in [-0.39, 0.29) is 42.4 Å². The smallest absolute Gasteiger partial charge is 0.549 e. The number of ketones is 2. The molecule has 7 nitrogen and oxygen atoms in total. The maximum absolute atomic E-state index is 12.0. The van der Waals surface area contributed by atoms with Crippen LogP contribution in [0.3, 0.4) is 0 Å². The minimum Gasteiger partial charge on any atom is -0.549 e. The normalized spacial score (nSPS) is 12.8. The van der Waals surface area contributed by atoms with Crippen molar-refractivity contribution in [3.63, 3.8) is 0 Å². The van der Waals surface area contributed by atoms with E-state index in [1.807, 2.05) is 0 Å². The van der Waals surface area contributed by atoms with Gasteiger partial charge in [0.1, 0.15) is 22.2 Å². The first-order chi connectivity index (χ1) is 14.0. The predicted octanol–water partition coefficient (Wildman–Crippen LogP) is 0.642. The van der Waals surface area contributed by atoms with Gasteiger partial charge in [-0.25, -0.2) is 0 Å². The van der Waals surface area contributed by atoms with Crippen molar-refractivity contribution in [3.8, 4) is 0 Å². The van der Waals surface area contributed by atoms with Gasteiger partial charge in [0.25, 0.3) is 10.1 Å². The molecule has 1 atom stereocenters. The zero-order valence-electron chi connectivity index (χ0n) is 19.8. The Bertz CT molecular complexity index is 610. The molecule has 9 heteroatoms. The molecule has 31 heavy (non-hydrogen) atoms. The molecule has 0 aliphatic carbocycles. The number of carboxylic acids is 1. The molecule has 0 rings (SSSR count). The van der Waals surface area contributed by atoms with E-state index in [1.165, 1.54) is 44.9 Å². The average Bonchev–Trinajstić information content (AvgIpc) is 2.62. The fourth-order valence-corrected chi connectivity index (χ4v) is 5.40. The zero-order chi connectivity index (χ0) is 23.2.